The molecule has 2 aromatic heterocycles. The summed E-state index contributed by atoms with van der Waals surface area (Å²) in [5.74, 6) is -0.510. The molecular formula is C16H16F4N4OS2. The molecule has 0 aliphatic heterocycles. The standard InChI is InChI=1S/C16H16F4N4OS2/c1-15(2,3)27(25)23-13(16(18,19)20)12-11(9-4-6-10(17)7-5-9)24-14(26-12)21-8-22-24/h4-8,13,23H,1-3H3/t13-,27-/m0/s1. The number of nitrogens with zero attached hydrogens (tertiary/aromatic N) is 3. The Bertz CT molecular complexity index is 973. The van der Waals surface area contributed by atoms with Crippen molar-refractivity contribution < 1.29 is 21.8 Å². The van der Waals surface area contributed by atoms with Gasteiger partial charge in [-0.1, -0.05) is 11.3 Å². The maximum atomic E-state index is 13.8. The lowest BCUT2D eigenvalue weighted by atomic mass is 10.1. The van der Waals surface area contributed by atoms with E-state index in [9.17, 15) is 21.8 Å². The zero-order chi connectivity index (χ0) is 20.0. The fourth-order valence-electron chi connectivity index (χ4n) is 2.33. The molecule has 1 aromatic carbocycles. The van der Waals surface area contributed by atoms with Crippen LogP contribution >= 0.6 is 11.3 Å². The van der Waals surface area contributed by atoms with Gasteiger partial charge in [-0.25, -0.2) is 22.8 Å². The van der Waals surface area contributed by atoms with Gasteiger partial charge in [0.05, 0.1) is 26.3 Å². The quantitative estimate of drug-likeness (QED) is 0.642. The van der Waals surface area contributed by atoms with Gasteiger partial charge < -0.3 is 0 Å². The SMILES string of the molecule is CC(C)(C)[S@](=O)N[C@@H](c1sc2ncnn2c1-c1ccc(F)cc1)C(F)(F)F. The van der Waals surface area contributed by atoms with Gasteiger partial charge in [0, 0.05) is 5.56 Å². The van der Waals surface area contributed by atoms with E-state index in [1.54, 1.807) is 20.8 Å². The van der Waals surface area contributed by atoms with Crippen molar-refractivity contribution in [3.8, 4) is 11.3 Å². The van der Waals surface area contributed by atoms with Crippen molar-refractivity contribution in [2.45, 2.75) is 37.7 Å². The van der Waals surface area contributed by atoms with Crippen molar-refractivity contribution in [1.82, 2.24) is 19.3 Å². The average Bonchev–Trinajstić information content (AvgIpc) is 3.12. The van der Waals surface area contributed by atoms with Crippen LogP contribution in [0.3, 0.4) is 0 Å². The number of thiazole rings is 1. The van der Waals surface area contributed by atoms with Crippen LogP contribution in [0.15, 0.2) is 30.6 Å². The number of halogens is 4. The molecule has 3 rings (SSSR count). The average molecular weight is 420 g/mol. The lowest BCUT2D eigenvalue weighted by Gasteiger charge is -2.25. The molecule has 3 aromatic rings. The van der Waals surface area contributed by atoms with Crippen LogP contribution in [0.25, 0.3) is 16.2 Å². The van der Waals surface area contributed by atoms with Gasteiger partial charge in [-0.15, -0.1) is 0 Å². The molecule has 27 heavy (non-hydrogen) atoms. The van der Waals surface area contributed by atoms with Gasteiger partial charge in [-0.3, -0.25) is 0 Å². The van der Waals surface area contributed by atoms with Crippen molar-refractivity contribution in [1.29, 1.82) is 0 Å². The number of fused-ring (bicyclic) bond motifs is 1. The Labute approximate surface area is 159 Å². The molecule has 0 bridgehead atoms. The van der Waals surface area contributed by atoms with Gasteiger partial charge in [0.2, 0.25) is 4.96 Å². The van der Waals surface area contributed by atoms with Crippen molar-refractivity contribution in [2.75, 3.05) is 0 Å². The van der Waals surface area contributed by atoms with Crippen LogP contribution in [0.2, 0.25) is 0 Å². The van der Waals surface area contributed by atoms with E-state index >= 15 is 0 Å². The first kappa shape index (κ1) is 19.9. The summed E-state index contributed by atoms with van der Waals surface area (Å²) in [6, 6.07) is 2.86. The van der Waals surface area contributed by atoms with Crippen molar-refractivity contribution in [3.05, 3.63) is 41.3 Å². The number of benzene rings is 1. The molecule has 2 atom stereocenters. The van der Waals surface area contributed by atoms with Gasteiger partial charge in [0.25, 0.3) is 0 Å². The van der Waals surface area contributed by atoms with E-state index < -0.39 is 33.8 Å². The highest BCUT2D eigenvalue weighted by Crippen LogP contribution is 2.42. The van der Waals surface area contributed by atoms with E-state index in [-0.39, 0.29) is 15.5 Å². The maximum absolute atomic E-state index is 13.8. The molecular weight excluding hydrogens is 404 g/mol. The third-order valence-electron chi connectivity index (χ3n) is 3.65. The summed E-state index contributed by atoms with van der Waals surface area (Å²) in [6.45, 7) is 4.73. The lowest BCUT2D eigenvalue weighted by molar-refractivity contribution is -0.152. The molecule has 0 fully saturated rings. The first-order chi connectivity index (χ1) is 12.5. The number of hydrogen-bond donors (Lipinski definition) is 1. The smallest absolute Gasteiger partial charge is 0.242 e. The predicted octanol–water partition coefficient (Wildman–Crippen LogP) is 4.25. The molecule has 0 saturated heterocycles. The zero-order valence-electron chi connectivity index (χ0n) is 14.5. The molecule has 5 nitrogen and oxygen atoms in total. The third kappa shape index (κ3) is 4.04. The number of nitrogens with one attached hydrogen (secondary N) is 1. The van der Waals surface area contributed by atoms with E-state index in [0.717, 1.165) is 23.5 Å². The maximum Gasteiger partial charge on any atom is 0.409 e. The summed E-state index contributed by atoms with van der Waals surface area (Å²) in [5.41, 5.74) is 0.481. The van der Waals surface area contributed by atoms with E-state index in [1.165, 1.54) is 23.0 Å². The summed E-state index contributed by atoms with van der Waals surface area (Å²) >= 11 is 0.796. The van der Waals surface area contributed by atoms with Crippen molar-refractivity contribution >= 4 is 27.3 Å². The van der Waals surface area contributed by atoms with E-state index in [1.807, 2.05) is 0 Å². The van der Waals surface area contributed by atoms with E-state index in [4.69, 9.17) is 0 Å². The van der Waals surface area contributed by atoms with Crippen LogP contribution in [-0.2, 0) is 11.0 Å². The first-order valence-electron chi connectivity index (χ1n) is 7.81. The molecule has 0 aliphatic rings. The second-order valence-electron chi connectivity index (χ2n) is 6.75. The molecule has 0 radical (unpaired) electrons. The van der Waals surface area contributed by atoms with Crippen molar-refractivity contribution in [2.24, 2.45) is 0 Å². The molecule has 0 amide bonds. The van der Waals surface area contributed by atoms with Gasteiger partial charge in [0.15, 0.2) is 6.04 Å². The van der Waals surface area contributed by atoms with Gasteiger partial charge in [-0.05, 0) is 45.0 Å². The summed E-state index contributed by atoms with van der Waals surface area (Å²) in [6.07, 6.45) is -3.48. The third-order valence-corrected chi connectivity index (χ3v) is 6.32. The Morgan fingerprint density at radius 3 is 2.37 bits per heavy atom. The first-order valence-corrected chi connectivity index (χ1v) is 9.78. The monoisotopic (exact) mass is 420 g/mol. The summed E-state index contributed by atoms with van der Waals surface area (Å²) in [5, 5.41) is 3.98. The molecule has 0 aliphatic carbocycles. The molecule has 0 unspecified atom stereocenters. The van der Waals surface area contributed by atoms with Crippen LogP contribution in [0.4, 0.5) is 17.6 Å². The largest absolute Gasteiger partial charge is 0.409 e. The highest BCUT2D eigenvalue weighted by atomic mass is 32.2. The molecule has 0 saturated carbocycles. The summed E-state index contributed by atoms with van der Waals surface area (Å²) < 4.78 is 69.8. The Morgan fingerprint density at radius 2 is 1.81 bits per heavy atom. The van der Waals surface area contributed by atoms with Crippen molar-refractivity contribution in [3.63, 3.8) is 0 Å². The van der Waals surface area contributed by atoms with Crippen LogP contribution < -0.4 is 4.72 Å². The number of aromatic nitrogens is 3. The number of alkyl halides is 3. The number of rotatable bonds is 4. The van der Waals surface area contributed by atoms with E-state index in [2.05, 4.69) is 14.8 Å². The second-order valence-corrected chi connectivity index (χ2v) is 9.76. The van der Waals surface area contributed by atoms with Crippen LogP contribution in [0.1, 0.15) is 31.7 Å². The second kappa shape index (κ2) is 6.95. The molecule has 146 valence electrons. The van der Waals surface area contributed by atoms with Crippen LogP contribution in [0.5, 0.6) is 0 Å². The van der Waals surface area contributed by atoms with Gasteiger partial charge in [-0.2, -0.15) is 18.3 Å². The highest BCUT2D eigenvalue weighted by molar-refractivity contribution is 7.84. The molecule has 11 heteroatoms. The van der Waals surface area contributed by atoms with Gasteiger partial charge in [0.1, 0.15) is 12.1 Å². The Morgan fingerprint density at radius 1 is 1.19 bits per heavy atom. The molecule has 1 N–H and O–H groups in total. The van der Waals surface area contributed by atoms with Gasteiger partial charge >= 0.3 is 6.18 Å². The Kier molecular flexibility index (Phi) is 5.12. The lowest BCUT2D eigenvalue weighted by Crippen LogP contribution is -2.41. The van der Waals surface area contributed by atoms with Crippen LogP contribution in [-0.4, -0.2) is 29.7 Å². The summed E-state index contributed by atoms with van der Waals surface area (Å²) in [4.78, 5) is 4.08. The minimum atomic E-state index is -4.71. The molecule has 0 spiro atoms. The minimum absolute atomic E-state index is 0.133. The van der Waals surface area contributed by atoms with E-state index in [0.29, 0.717) is 5.56 Å². The fraction of sp³-hybridized carbons (Fsp3) is 0.375. The Hall–Kier alpha value is -1.85. The normalized spacial score (nSPS) is 15.2. The predicted molar refractivity (Wildman–Crippen MR) is 96.1 cm³/mol. The number of hydrogen-bond acceptors (Lipinski definition) is 4. The minimum Gasteiger partial charge on any atom is -0.242 e. The highest BCUT2D eigenvalue weighted by Gasteiger charge is 2.46. The van der Waals surface area contributed by atoms with Crippen LogP contribution in [0, 0.1) is 5.82 Å². The molecule has 2 heterocycles. The summed E-state index contributed by atoms with van der Waals surface area (Å²) in [7, 11) is -1.97. The fourth-order valence-corrected chi connectivity index (χ4v) is 4.35. The Balaban J connectivity index is 2.18. The topological polar surface area (TPSA) is 59.3 Å². The zero-order valence-corrected chi connectivity index (χ0v) is 16.2.